The number of benzene rings is 3. The molecule has 0 atom stereocenters. The smallest absolute Gasteiger partial charge is 0.264 e. The topological polar surface area (TPSA) is 59.9 Å². The van der Waals surface area contributed by atoms with Gasteiger partial charge in [0.1, 0.15) is 6.61 Å². The minimum Gasteiger partial charge on any atom is -0.490 e. The van der Waals surface area contributed by atoms with E-state index in [9.17, 15) is 4.79 Å². The lowest BCUT2D eigenvalue weighted by Crippen LogP contribution is -2.19. The molecule has 0 aromatic heterocycles. The number of hydrogen-bond donors (Lipinski definition) is 1. The molecule has 1 saturated heterocycles. The first-order valence-corrected chi connectivity index (χ1v) is 12.7. The van der Waals surface area contributed by atoms with Crippen LogP contribution in [0.5, 0.6) is 11.5 Å². The van der Waals surface area contributed by atoms with Crippen molar-refractivity contribution in [3.63, 3.8) is 0 Å². The van der Waals surface area contributed by atoms with Gasteiger partial charge in [-0.2, -0.15) is 0 Å². The first-order chi connectivity index (χ1) is 16.4. The molecule has 34 heavy (non-hydrogen) atoms. The van der Waals surface area contributed by atoms with E-state index in [1.54, 1.807) is 30.3 Å². The fourth-order valence-corrected chi connectivity index (χ4v) is 4.74. The van der Waals surface area contributed by atoms with E-state index in [0.29, 0.717) is 50.5 Å². The molecule has 1 aliphatic rings. The van der Waals surface area contributed by atoms with Crippen LogP contribution in [0.4, 0.5) is 5.69 Å². The molecule has 0 spiro atoms. The first-order valence-electron chi connectivity index (χ1n) is 10.3. The summed E-state index contributed by atoms with van der Waals surface area (Å²) in [6.07, 6.45) is 1.79. The number of nitrogens with one attached hydrogen (secondary N) is 1. The molecule has 0 aliphatic carbocycles. The maximum absolute atomic E-state index is 12.5. The Bertz CT molecular complexity index is 1260. The van der Waals surface area contributed by atoms with Crippen molar-refractivity contribution in [2.75, 3.05) is 6.61 Å². The van der Waals surface area contributed by atoms with Gasteiger partial charge in [-0.1, -0.05) is 35.3 Å². The van der Waals surface area contributed by atoms with Gasteiger partial charge >= 0.3 is 0 Å². The lowest BCUT2D eigenvalue weighted by atomic mass is 10.1. The largest absolute Gasteiger partial charge is 0.490 e. The van der Waals surface area contributed by atoms with Crippen molar-refractivity contribution in [1.29, 1.82) is 0 Å². The lowest BCUT2D eigenvalue weighted by molar-refractivity contribution is -0.115. The van der Waals surface area contributed by atoms with Gasteiger partial charge in [-0.05, 0) is 100 Å². The van der Waals surface area contributed by atoms with Gasteiger partial charge in [-0.25, -0.2) is 4.99 Å². The van der Waals surface area contributed by atoms with E-state index < -0.39 is 0 Å². The van der Waals surface area contributed by atoms with E-state index >= 15 is 0 Å². The highest BCUT2D eigenvalue weighted by Crippen LogP contribution is 2.39. The number of hydrogen-bond acceptors (Lipinski definition) is 5. The Morgan fingerprint density at radius 2 is 1.71 bits per heavy atom. The maximum Gasteiger partial charge on any atom is 0.264 e. The monoisotopic (exact) mass is 576 g/mol. The molecular weight excluding hydrogens is 559 g/mol. The summed E-state index contributed by atoms with van der Waals surface area (Å²) < 4.78 is 12.6. The minimum absolute atomic E-state index is 0.213. The van der Waals surface area contributed by atoms with E-state index in [1.165, 1.54) is 11.8 Å². The van der Waals surface area contributed by atoms with Gasteiger partial charge in [0, 0.05) is 10.0 Å². The number of ether oxygens (including phenoxy) is 2. The summed E-state index contributed by atoms with van der Waals surface area (Å²) in [7, 11) is 0. The Balaban J connectivity index is 1.54. The van der Waals surface area contributed by atoms with Crippen molar-refractivity contribution in [3.8, 4) is 11.5 Å². The van der Waals surface area contributed by atoms with Crippen molar-refractivity contribution in [1.82, 2.24) is 5.32 Å². The second kappa shape index (κ2) is 11.3. The highest BCUT2D eigenvalue weighted by atomic mass is 79.9. The fourth-order valence-electron chi connectivity index (χ4n) is 3.08. The molecule has 1 amide bonds. The van der Waals surface area contributed by atoms with Crippen LogP contribution in [0, 0.1) is 0 Å². The molecule has 3 aromatic carbocycles. The van der Waals surface area contributed by atoms with Gasteiger partial charge in [0.05, 0.1) is 21.7 Å². The predicted octanol–water partition coefficient (Wildman–Crippen LogP) is 7.63. The molecule has 9 heteroatoms. The summed E-state index contributed by atoms with van der Waals surface area (Å²) in [6.45, 7) is 2.73. The molecule has 0 saturated carbocycles. The molecule has 5 nitrogen and oxygen atoms in total. The summed E-state index contributed by atoms with van der Waals surface area (Å²) in [4.78, 5) is 17.5. The molecule has 1 N–H and O–H groups in total. The molecule has 3 aromatic rings. The van der Waals surface area contributed by atoms with Crippen LogP contribution in [0.15, 0.2) is 75.0 Å². The van der Waals surface area contributed by atoms with Crippen LogP contribution in [-0.2, 0) is 11.4 Å². The predicted molar refractivity (Wildman–Crippen MR) is 143 cm³/mol. The van der Waals surface area contributed by atoms with E-state index in [-0.39, 0.29) is 5.91 Å². The number of carbonyl (C=O) groups excluding carboxylic acids is 1. The summed E-state index contributed by atoms with van der Waals surface area (Å²) in [5.41, 5.74) is 2.48. The molecular formula is C25H19BrCl2N2O3S. The number of nitrogens with zero attached hydrogens (tertiary/aromatic N) is 1. The third-order valence-electron chi connectivity index (χ3n) is 4.63. The summed E-state index contributed by atoms with van der Waals surface area (Å²) in [6, 6.07) is 18.3. The van der Waals surface area contributed by atoms with Crippen LogP contribution in [0.2, 0.25) is 10.0 Å². The number of aliphatic imine (C=N–C) groups is 1. The third kappa shape index (κ3) is 6.36. The molecule has 1 fully saturated rings. The van der Waals surface area contributed by atoms with Crippen LogP contribution < -0.4 is 14.8 Å². The molecule has 1 aliphatic heterocycles. The number of rotatable bonds is 7. The summed E-state index contributed by atoms with van der Waals surface area (Å²) >= 11 is 16.7. The second-order valence-corrected chi connectivity index (χ2v) is 9.89. The lowest BCUT2D eigenvalue weighted by Gasteiger charge is -2.15. The summed E-state index contributed by atoms with van der Waals surface area (Å²) in [5.74, 6) is 0.957. The molecule has 4 rings (SSSR count). The average molecular weight is 578 g/mol. The van der Waals surface area contributed by atoms with Gasteiger partial charge in [0.2, 0.25) is 0 Å². The molecule has 174 valence electrons. The Hall–Kier alpha value is -2.45. The van der Waals surface area contributed by atoms with Crippen molar-refractivity contribution in [2.24, 2.45) is 4.99 Å². The first kappa shape index (κ1) is 24.7. The number of amides is 1. The normalized spacial score (nSPS) is 15.6. The Morgan fingerprint density at radius 1 is 1.03 bits per heavy atom. The highest BCUT2D eigenvalue weighted by Gasteiger charge is 2.24. The van der Waals surface area contributed by atoms with Crippen LogP contribution in [-0.4, -0.2) is 17.7 Å². The summed E-state index contributed by atoms with van der Waals surface area (Å²) in [5, 5.41) is 4.60. The van der Waals surface area contributed by atoms with Gasteiger partial charge in [-0.15, -0.1) is 0 Å². The zero-order valence-corrected chi connectivity index (χ0v) is 21.9. The maximum atomic E-state index is 12.5. The van der Waals surface area contributed by atoms with Crippen molar-refractivity contribution < 1.29 is 14.3 Å². The van der Waals surface area contributed by atoms with E-state index in [4.69, 9.17) is 32.7 Å². The van der Waals surface area contributed by atoms with Crippen LogP contribution >= 0.6 is 50.9 Å². The standard InChI is InChI=1S/C25H19BrCl2N2O3S/c1-2-32-21-12-16(11-20(26)23(21)33-14-15-3-5-17(27)6-4-15)13-22-24(31)30-25(34-22)29-19-9-7-18(28)8-10-19/h3-13H,2,14H2,1H3,(H,29,30,31)/b22-13-. The third-order valence-corrected chi connectivity index (χ3v) is 6.64. The number of carbonyl (C=O) groups is 1. The van der Waals surface area contributed by atoms with Crippen LogP contribution in [0.3, 0.4) is 0 Å². The fraction of sp³-hybridized carbons (Fsp3) is 0.120. The average Bonchev–Trinajstić information content (AvgIpc) is 3.14. The van der Waals surface area contributed by atoms with Gasteiger partial charge in [-0.3, -0.25) is 4.79 Å². The molecule has 0 bridgehead atoms. The second-order valence-electron chi connectivity index (χ2n) is 7.14. The van der Waals surface area contributed by atoms with Crippen molar-refractivity contribution >= 4 is 73.7 Å². The Morgan fingerprint density at radius 3 is 2.38 bits per heavy atom. The van der Waals surface area contributed by atoms with E-state index in [0.717, 1.165) is 15.6 Å². The molecule has 0 unspecified atom stereocenters. The van der Waals surface area contributed by atoms with Gasteiger partial charge < -0.3 is 14.8 Å². The Kier molecular flexibility index (Phi) is 8.21. The van der Waals surface area contributed by atoms with Gasteiger partial charge in [0.15, 0.2) is 16.7 Å². The van der Waals surface area contributed by atoms with Crippen LogP contribution in [0.1, 0.15) is 18.1 Å². The SMILES string of the molecule is CCOc1cc(/C=C2\SC(=Nc3ccc(Cl)cc3)NC2=O)cc(Br)c1OCc1ccc(Cl)cc1. The zero-order chi connectivity index (χ0) is 24.1. The highest BCUT2D eigenvalue weighted by molar-refractivity contribution is 9.10. The number of thioether (sulfide) groups is 1. The minimum atomic E-state index is -0.213. The van der Waals surface area contributed by atoms with Crippen molar-refractivity contribution in [3.05, 3.63) is 91.2 Å². The molecule has 0 radical (unpaired) electrons. The zero-order valence-electron chi connectivity index (χ0n) is 18.0. The molecule has 1 heterocycles. The van der Waals surface area contributed by atoms with E-state index in [1.807, 2.05) is 43.3 Å². The quantitative estimate of drug-likeness (QED) is 0.293. The van der Waals surface area contributed by atoms with Crippen LogP contribution in [0.25, 0.3) is 6.08 Å². The van der Waals surface area contributed by atoms with Gasteiger partial charge in [0.25, 0.3) is 5.91 Å². The number of halogens is 3. The van der Waals surface area contributed by atoms with E-state index in [2.05, 4.69) is 26.2 Å². The number of amidine groups is 1. The van der Waals surface area contributed by atoms with Crippen molar-refractivity contribution in [2.45, 2.75) is 13.5 Å². The Labute approximate surface area is 220 Å².